The summed E-state index contributed by atoms with van der Waals surface area (Å²) in [5, 5.41) is 5.62. The molecule has 160 valence electrons. The predicted octanol–water partition coefficient (Wildman–Crippen LogP) is 4.04. The van der Waals surface area contributed by atoms with Gasteiger partial charge in [-0.25, -0.2) is 4.79 Å². The van der Waals surface area contributed by atoms with Gasteiger partial charge in [-0.1, -0.05) is 43.7 Å². The molecule has 2 amide bonds. The van der Waals surface area contributed by atoms with Crippen LogP contribution in [0.1, 0.15) is 36.7 Å². The number of ether oxygens (including phenoxy) is 1. The lowest BCUT2D eigenvalue weighted by Crippen LogP contribution is -2.38. The van der Waals surface area contributed by atoms with Gasteiger partial charge < -0.3 is 15.4 Å². The first-order valence-electron chi connectivity index (χ1n) is 9.81. The molecule has 0 fully saturated rings. The van der Waals surface area contributed by atoms with Crippen LogP contribution < -0.4 is 10.6 Å². The Morgan fingerprint density at radius 2 is 1.63 bits per heavy atom. The zero-order valence-corrected chi connectivity index (χ0v) is 18.5. The van der Waals surface area contributed by atoms with Crippen molar-refractivity contribution in [2.45, 2.75) is 38.6 Å². The first kappa shape index (κ1) is 23.5. The van der Waals surface area contributed by atoms with Gasteiger partial charge in [-0.3, -0.25) is 9.59 Å². The van der Waals surface area contributed by atoms with E-state index in [1.807, 2.05) is 52.0 Å². The fourth-order valence-electron chi connectivity index (χ4n) is 2.41. The molecule has 2 rings (SSSR count). The molecule has 2 aromatic rings. The molecule has 0 radical (unpaired) electrons. The second kappa shape index (κ2) is 11.4. The largest absolute Gasteiger partial charge is 0.452 e. The number of carbonyl (C=O) groups excluding carboxylic acids is 3. The molecule has 30 heavy (non-hydrogen) atoms. The van der Waals surface area contributed by atoms with Crippen molar-refractivity contribution in [3.63, 3.8) is 0 Å². The smallest absolute Gasteiger partial charge is 0.339 e. The summed E-state index contributed by atoms with van der Waals surface area (Å²) in [4.78, 5) is 37.2. The van der Waals surface area contributed by atoms with Gasteiger partial charge in [0.2, 0.25) is 5.91 Å². The van der Waals surface area contributed by atoms with Gasteiger partial charge in [0, 0.05) is 16.6 Å². The number of hydrogen-bond acceptors (Lipinski definition) is 5. The number of amides is 2. The van der Waals surface area contributed by atoms with Gasteiger partial charge in [-0.2, -0.15) is 0 Å². The minimum Gasteiger partial charge on any atom is -0.452 e. The third-order valence-corrected chi connectivity index (χ3v) is 5.60. The van der Waals surface area contributed by atoms with Crippen LogP contribution in [0, 0.1) is 12.8 Å². The molecule has 0 saturated carbocycles. The number of anilines is 1. The maximum absolute atomic E-state index is 12.4. The molecule has 0 spiro atoms. The van der Waals surface area contributed by atoms with E-state index in [0.29, 0.717) is 10.5 Å². The Bertz CT molecular complexity index is 881. The van der Waals surface area contributed by atoms with E-state index < -0.39 is 5.97 Å². The highest BCUT2D eigenvalue weighted by Crippen LogP contribution is 2.23. The van der Waals surface area contributed by atoms with Gasteiger partial charge in [0.05, 0.1) is 11.3 Å². The van der Waals surface area contributed by atoms with Gasteiger partial charge in [0.25, 0.3) is 5.91 Å². The average molecular weight is 429 g/mol. The van der Waals surface area contributed by atoms with Gasteiger partial charge in [0.15, 0.2) is 6.61 Å². The number of carbonyl (C=O) groups is 3. The molecule has 0 aromatic heterocycles. The Labute approximate surface area is 181 Å². The normalized spacial score (nSPS) is 11.6. The van der Waals surface area contributed by atoms with E-state index >= 15 is 0 Å². The van der Waals surface area contributed by atoms with Crippen LogP contribution in [0.5, 0.6) is 0 Å². The van der Waals surface area contributed by atoms with E-state index in [0.717, 1.165) is 11.3 Å². The molecule has 0 aliphatic rings. The number of nitrogens with one attached hydrogen (secondary N) is 2. The minimum absolute atomic E-state index is 0.00825. The van der Waals surface area contributed by atoms with Crippen LogP contribution in [0.4, 0.5) is 5.69 Å². The summed E-state index contributed by atoms with van der Waals surface area (Å²) >= 11 is 1.24. The van der Waals surface area contributed by atoms with Gasteiger partial charge >= 0.3 is 5.97 Å². The molecule has 0 aliphatic heterocycles. The van der Waals surface area contributed by atoms with Crippen molar-refractivity contribution in [3.05, 3.63) is 59.7 Å². The van der Waals surface area contributed by atoms with Crippen LogP contribution in [-0.4, -0.2) is 36.2 Å². The fraction of sp³-hybridized carbons (Fsp3) is 0.348. The standard InChI is InChI=1S/C23H28N2O4S/c1-15(2)17(4)24-21(26)13-29-23(28)19-7-5-6-8-20(19)30-14-22(27)25-18-11-9-16(3)10-12-18/h5-12,15,17H,13-14H2,1-4H3,(H,24,26)(H,25,27). The number of hydrogen-bond donors (Lipinski definition) is 2. The highest BCUT2D eigenvalue weighted by atomic mass is 32.2. The molecule has 2 aromatic carbocycles. The first-order chi connectivity index (χ1) is 14.3. The first-order valence-corrected chi connectivity index (χ1v) is 10.8. The number of rotatable bonds is 9. The summed E-state index contributed by atoms with van der Waals surface area (Å²) in [7, 11) is 0. The third kappa shape index (κ3) is 7.55. The van der Waals surface area contributed by atoms with Crippen molar-refractivity contribution in [2.24, 2.45) is 5.92 Å². The number of aryl methyl sites for hydroxylation is 1. The molecule has 2 N–H and O–H groups in total. The minimum atomic E-state index is -0.593. The van der Waals surface area contributed by atoms with Crippen LogP contribution in [-0.2, 0) is 14.3 Å². The van der Waals surface area contributed by atoms with E-state index in [1.165, 1.54) is 11.8 Å². The molecule has 6 nitrogen and oxygen atoms in total. The summed E-state index contributed by atoms with van der Waals surface area (Å²) in [5.74, 6) is -0.677. The Morgan fingerprint density at radius 1 is 0.967 bits per heavy atom. The molecule has 0 saturated heterocycles. The maximum Gasteiger partial charge on any atom is 0.339 e. The van der Waals surface area contributed by atoms with Gasteiger partial charge in [-0.15, -0.1) is 11.8 Å². The SMILES string of the molecule is Cc1ccc(NC(=O)CSc2ccccc2C(=O)OCC(=O)NC(C)C(C)C)cc1. The van der Waals surface area contributed by atoms with E-state index in [2.05, 4.69) is 10.6 Å². The highest BCUT2D eigenvalue weighted by molar-refractivity contribution is 8.00. The highest BCUT2D eigenvalue weighted by Gasteiger charge is 2.17. The average Bonchev–Trinajstić information content (AvgIpc) is 2.72. The molecular weight excluding hydrogens is 400 g/mol. The van der Waals surface area contributed by atoms with E-state index in [9.17, 15) is 14.4 Å². The fourth-order valence-corrected chi connectivity index (χ4v) is 3.25. The monoisotopic (exact) mass is 428 g/mol. The summed E-state index contributed by atoms with van der Waals surface area (Å²) in [5.41, 5.74) is 2.16. The second-order valence-corrected chi connectivity index (χ2v) is 8.39. The molecule has 7 heteroatoms. The lowest BCUT2D eigenvalue weighted by atomic mass is 10.1. The second-order valence-electron chi connectivity index (χ2n) is 7.38. The lowest BCUT2D eigenvalue weighted by Gasteiger charge is -2.17. The molecular formula is C23H28N2O4S. The summed E-state index contributed by atoms with van der Waals surface area (Å²) in [6, 6.07) is 14.4. The summed E-state index contributed by atoms with van der Waals surface area (Å²) in [6.07, 6.45) is 0. The van der Waals surface area contributed by atoms with Crippen molar-refractivity contribution in [2.75, 3.05) is 17.7 Å². The van der Waals surface area contributed by atoms with Crippen molar-refractivity contribution in [1.29, 1.82) is 0 Å². The Kier molecular flexibility index (Phi) is 8.92. The molecule has 1 atom stereocenters. The van der Waals surface area contributed by atoms with E-state index in [-0.39, 0.29) is 36.1 Å². The lowest BCUT2D eigenvalue weighted by molar-refractivity contribution is -0.125. The topological polar surface area (TPSA) is 84.5 Å². The maximum atomic E-state index is 12.4. The Morgan fingerprint density at radius 3 is 2.30 bits per heavy atom. The van der Waals surface area contributed by atoms with Gasteiger partial charge in [-0.05, 0) is 44.0 Å². The third-order valence-electron chi connectivity index (χ3n) is 4.52. The number of esters is 1. The zero-order chi connectivity index (χ0) is 22.1. The van der Waals surface area contributed by atoms with Crippen LogP contribution in [0.15, 0.2) is 53.4 Å². The number of benzene rings is 2. The van der Waals surface area contributed by atoms with Crippen LogP contribution in [0.2, 0.25) is 0 Å². The number of thioether (sulfide) groups is 1. The molecule has 0 heterocycles. The van der Waals surface area contributed by atoms with Crippen molar-refractivity contribution in [1.82, 2.24) is 5.32 Å². The molecule has 0 bridgehead atoms. The van der Waals surface area contributed by atoms with Crippen LogP contribution in [0.3, 0.4) is 0 Å². The molecule has 0 aliphatic carbocycles. The summed E-state index contributed by atoms with van der Waals surface area (Å²) < 4.78 is 5.16. The van der Waals surface area contributed by atoms with Crippen molar-refractivity contribution in [3.8, 4) is 0 Å². The Hall–Kier alpha value is -2.80. The van der Waals surface area contributed by atoms with Crippen molar-refractivity contribution >= 4 is 35.2 Å². The van der Waals surface area contributed by atoms with E-state index in [1.54, 1.807) is 24.3 Å². The molecule has 1 unspecified atom stereocenters. The zero-order valence-electron chi connectivity index (χ0n) is 17.7. The van der Waals surface area contributed by atoms with Crippen LogP contribution in [0.25, 0.3) is 0 Å². The van der Waals surface area contributed by atoms with E-state index in [4.69, 9.17) is 4.74 Å². The Balaban J connectivity index is 1.90. The quantitative estimate of drug-likeness (QED) is 0.465. The predicted molar refractivity (Wildman–Crippen MR) is 120 cm³/mol. The van der Waals surface area contributed by atoms with Crippen molar-refractivity contribution < 1.29 is 19.1 Å². The van der Waals surface area contributed by atoms with Gasteiger partial charge in [0.1, 0.15) is 0 Å². The van der Waals surface area contributed by atoms with Crippen LogP contribution >= 0.6 is 11.8 Å². The summed E-state index contributed by atoms with van der Waals surface area (Å²) in [6.45, 7) is 7.53.